The molecule has 0 aliphatic rings. The molecule has 1 aromatic rings. The van der Waals surface area contributed by atoms with E-state index in [4.69, 9.17) is 5.11 Å². The molecule has 0 spiro atoms. The number of aromatic carboxylic acids is 1. The Kier molecular flexibility index (Phi) is 4.64. The van der Waals surface area contributed by atoms with Gasteiger partial charge in [0, 0.05) is 12.4 Å². The molecule has 0 saturated carbocycles. The van der Waals surface area contributed by atoms with Crippen LogP contribution >= 0.6 is 0 Å². The molecule has 0 amide bonds. The molecule has 0 saturated heterocycles. The summed E-state index contributed by atoms with van der Waals surface area (Å²) in [5, 5.41) is 8.28. The summed E-state index contributed by atoms with van der Waals surface area (Å²) in [5.41, 5.74) is -0.0301. The van der Waals surface area contributed by atoms with Gasteiger partial charge in [0.15, 0.2) is 5.69 Å². The first-order chi connectivity index (χ1) is 5.30. The van der Waals surface area contributed by atoms with Crippen LogP contribution in [0.15, 0.2) is 18.6 Å². The molecule has 0 aliphatic carbocycles. The van der Waals surface area contributed by atoms with Crippen molar-refractivity contribution >= 4 is 5.97 Å². The molecule has 1 aromatic heterocycles. The number of carbonyl (C=O) groups is 1. The molecule has 1 N–H and O–H groups in total. The lowest BCUT2D eigenvalue weighted by atomic mass is 10.5. The molecule has 60 valence electrons. The number of carboxylic acids is 1. The first-order valence-electron chi connectivity index (χ1n) is 3.30. The van der Waals surface area contributed by atoms with Gasteiger partial charge >= 0.3 is 5.97 Å². The van der Waals surface area contributed by atoms with Crippen LogP contribution in [0, 0.1) is 0 Å². The van der Waals surface area contributed by atoms with Crippen LogP contribution < -0.4 is 0 Å². The average molecular weight is 154 g/mol. The van der Waals surface area contributed by atoms with E-state index in [1.54, 1.807) is 0 Å². The second kappa shape index (κ2) is 5.34. The molecule has 4 heteroatoms. The van der Waals surface area contributed by atoms with E-state index in [0.717, 1.165) is 0 Å². The third kappa shape index (κ3) is 3.30. The minimum atomic E-state index is -1.05. The molecule has 0 bridgehead atoms. The molecular formula is C7H10N2O2. The Balaban J connectivity index is 0.000000461. The van der Waals surface area contributed by atoms with Gasteiger partial charge in [-0.15, -0.1) is 0 Å². The Morgan fingerprint density at radius 3 is 2.36 bits per heavy atom. The molecule has 0 fully saturated rings. The number of hydrogen-bond acceptors (Lipinski definition) is 3. The summed E-state index contributed by atoms with van der Waals surface area (Å²) in [4.78, 5) is 17.2. The zero-order chi connectivity index (χ0) is 8.69. The number of rotatable bonds is 1. The largest absolute Gasteiger partial charge is 0.476 e. The lowest BCUT2D eigenvalue weighted by molar-refractivity contribution is 0.0690. The van der Waals surface area contributed by atoms with Gasteiger partial charge in [0.25, 0.3) is 0 Å². The van der Waals surface area contributed by atoms with E-state index in [1.807, 2.05) is 13.8 Å². The first kappa shape index (κ1) is 9.55. The highest BCUT2D eigenvalue weighted by Gasteiger charge is 2.00. The maximum absolute atomic E-state index is 10.1. The predicted molar refractivity (Wildman–Crippen MR) is 40.3 cm³/mol. The minimum Gasteiger partial charge on any atom is -0.476 e. The minimum absolute atomic E-state index is 0.0301. The SMILES string of the molecule is CC.O=C(O)c1cnccn1. The summed E-state index contributed by atoms with van der Waals surface area (Å²) in [6.45, 7) is 4.00. The quantitative estimate of drug-likeness (QED) is 0.660. The van der Waals surface area contributed by atoms with Crippen molar-refractivity contribution in [3.05, 3.63) is 24.3 Å². The molecular weight excluding hydrogens is 144 g/mol. The second-order valence-electron chi connectivity index (χ2n) is 1.40. The Hall–Kier alpha value is -1.45. The van der Waals surface area contributed by atoms with Crippen LogP contribution in [0.3, 0.4) is 0 Å². The maximum atomic E-state index is 10.1. The Morgan fingerprint density at radius 2 is 2.09 bits per heavy atom. The molecule has 0 unspecified atom stereocenters. The Morgan fingerprint density at radius 1 is 1.45 bits per heavy atom. The molecule has 0 radical (unpaired) electrons. The lowest BCUT2D eigenvalue weighted by Crippen LogP contribution is -1.99. The highest BCUT2D eigenvalue weighted by Crippen LogP contribution is 1.86. The van der Waals surface area contributed by atoms with Crippen molar-refractivity contribution in [1.29, 1.82) is 0 Å². The molecule has 0 aliphatic heterocycles. The smallest absolute Gasteiger partial charge is 0.356 e. The monoisotopic (exact) mass is 154 g/mol. The lowest BCUT2D eigenvalue weighted by Gasteiger charge is -1.86. The number of carboxylic acid groups (broad SMARTS) is 1. The highest BCUT2D eigenvalue weighted by molar-refractivity contribution is 5.84. The van der Waals surface area contributed by atoms with Crippen molar-refractivity contribution in [2.75, 3.05) is 0 Å². The van der Waals surface area contributed by atoms with Crippen molar-refractivity contribution in [3.63, 3.8) is 0 Å². The van der Waals surface area contributed by atoms with Crippen molar-refractivity contribution < 1.29 is 9.90 Å². The Bertz CT molecular complexity index is 211. The first-order valence-corrected chi connectivity index (χ1v) is 3.30. The van der Waals surface area contributed by atoms with Crippen LogP contribution in [0.2, 0.25) is 0 Å². The fourth-order valence-electron chi connectivity index (χ4n) is 0.410. The van der Waals surface area contributed by atoms with Gasteiger partial charge in [0.05, 0.1) is 6.20 Å². The van der Waals surface area contributed by atoms with Gasteiger partial charge in [-0.05, 0) is 0 Å². The van der Waals surface area contributed by atoms with Gasteiger partial charge in [0.1, 0.15) is 0 Å². The molecule has 4 nitrogen and oxygen atoms in total. The van der Waals surface area contributed by atoms with Crippen LogP contribution in [0.25, 0.3) is 0 Å². The summed E-state index contributed by atoms with van der Waals surface area (Å²) < 4.78 is 0. The van der Waals surface area contributed by atoms with Gasteiger partial charge in [-0.3, -0.25) is 4.98 Å². The van der Waals surface area contributed by atoms with E-state index >= 15 is 0 Å². The van der Waals surface area contributed by atoms with E-state index in [9.17, 15) is 4.79 Å². The molecule has 1 heterocycles. The molecule has 11 heavy (non-hydrogen) atoms. The van der Waals surface area contributed by atoms with Crippen LogP contribution in [-0.4, -0.2) is 21.0 Å². The third-order valence-electron chi connectivity index (χ3n) is 0.782. The maximum Gasteiger partial charge on any atom is 0.356 e. The summed E-state index contributed by atoms with van der Waals surface area (Å²) in [6.07, 6.45) is 3.96. The number of hydrogen-bond donors (Lipinski definition) is 1. The van der Waals surface area contributed by atoms with E-state index in [2.05, 4.69) is 9.97 Å². The van der Waals surface area contributed by atoms with Crippen molar-refractivity contribution in [1.82, 2.24) is 9.97 Å². The zero-order valence-electron chi connectivity index (χ0n) is 6.48. The van der Waals surface area contributed by atoms with E-state index in [0.29, 0.717) is 0 Å². The topological polar surface area (TPSA) is 63.1 Å². The summed E-state index contributed by atoms with van der Waals surface area (Å²) in [6, 6.07) is 0. The van der Waals surface area contributed by atoms with Gasteiger partial charge < -0.3 is 5.11 Å². The van der Waals surface area contributed by atoms with Gasteiger partial charge in [-0.1, -0.05) is 13.8 Å². The van der Waals surface area contributed by atoms with Crippen molar-refractivity contribution in [2.24, 2.45) is 0 Å². The van der Waals surface area contributed by atoms with Crippen molar-refractivity contribution in [2.45, 2.75) is 13.8 Å². The summed E-state index contributed by atoms with van der Waals surface area (Å²) in [5.74, 6) is -1.05. The predicted octanol–water partition coefficient (Wildman–Crippen LogP) is 1.20. The van der Waals surface area contributed by atoms with E-state index < -0.39 is 5.97 Å². The second-order valence-corrected chi connectivity index (χ2v) is 1.40. The number of aromatic nitrogens is 2. The standard InChI is InChI=1S/C5H4N2O2.C2H6/c8-5(9)4-3-6-1-2-7-4;1-2/h1-3H,(H,8,9);1-2H3. The molecule has 0 atom stereocenters. The molecule has 0 aromatic carbocycles. The molecule has 1 rings (SSSR count). The fourth-order valence-corrected chi connectivity index (χ4v) is 0.410. The van der Waals surface area contributed by atoms with Crippen LogP contribution in [0.5, 0.6) is 0 Å². The van der Waals surface area contributed by atoms with E-state index in [1.165, 1.54) is 18.6 Å². The normalized spacial score (nSPS) is 7.82. The Labute approximate surface area is 64.9 Å². The van der Waals surface area contributed by atoms with Crippen molar-refractivity contribution in [3.8, 4) is 0 Å². The van der Waals surface area contributed by atoms with Gasteiger partial charge in [0.2, 0.25) is 0 Å². The summed E-state index contributed by atoms with van der Waals surface area (Å²) in [7, 11) is 0. The van der Waals surface area contributed by atoms with Crippen LogP contribution in [-0.2, 0) is 0 Å². The average Bonchev–Trinajstić information content (AvgIpc) is 2.10. The van der Waals surface area contributed by atoms with Gasteiger partial charge in [-0.25, -0.2) is 9.78 Å². The van der Waals surface area contributed by atoms with Crippen LogP contribution in [0.1, 0.15) is 24.3 Å². The number of nitrogens with zero attached hydrogens (tertiary/aromatic N) is 2. The van der Waals surface area contributed by atoms with Gasteiger partial charge in [-0.2, -0.15) is 0 Å². The highest BCUT2D eigenvalue weighted by atomic mass is 16.4. The summed E-state index contributed by atoms with van der Waals surface area (Å²) >= 11 is 0. The van der Waals surface area contributed by atoms with Crippen LogP contribution in [0.4, 0.5) is 0 Å². The fraction of sp³-hybridized carbons (Fsp3) is 0.286. The van der Waals surface area contributed by atoms with E-state index in [-0.39, 0.29) is 5.69 Å². The third-order valence-corrected chi connectivity index (χ3v) is 0.782. The zero-order valence-corrected chi connectivity index (χ0v) is 6.48.